The van der Waals surface area contributed by atoms with Gasteiger partial charge in [0.15, 0.2) is 0 Å². The molecular formula is C12H19N. The van der Waals surface area contributed by atoms with Gasteiger partial charge < -0.3 is 5.73 Å². The van der Waals surface area contributed by atoms with Crippen LogP contribution in [0, 0.1) is 0 Å². The molecule has 0 aromatic carbocycles. The minimum Gasteiger partial charge on any atom is -0.324 e. The lowest BCUT2D eigenvalue weighted by atomic mass is 10.0. The Morgan fingerprint density at radius 1 is 1.38 bits per heavy atom. The molecule has 0 spiro atoms. The van der Waals surface area contributed by atoms with Crippen molar-refractivity contribution in [2.24, 2.45) is 5.73 Å². The standard InChI is InChI=1S/C12H19N/c1-3-5-12(13)11-7-4-6-10(2)8-9-11/h6-9,12H,3-5,13H2,1-2H3/t12-/m1/s1. The maximum Gasteiger partial charge on any atom is 0.0291 e. The first-order chi connectivity index (χ1) is 6.24. The Morgan fingerprint density at radius 3 is 2.85 bits per heavy atom. The summed E-state index contributed by atoms with van der Waals surface area (Å²) in [5.41, 5.74) is 8.65. The SMILES string of the molecule is CCC[C@@H](N)C1=CCC=C(C)C=C1. The number of rotatable bonds is 3. The molecule has 1 rings (SSSR count). The zero-order valence-corrected chi connectivity index (χ0v) is 8.59. The lowest BCUT2D eigenvalue weighted by Gasteiger charge is -2.10. The average molecular weight is 177 g/mol. The summed E-state index contributed by atoms with van der Waals surface area (Å²) in [5.74, 6) is 0. The molecule has 1 heteroatoms. The van der Waals surface area contributed by atoms with E-state index in [0.29, 0.717) is 0 Å². The highest BCUT2D eigenvalue weighted by atomic mass is 14.6. The molecule has 0 aromatic heterocycles. The minimum atomic E-state index is 0.223. The number of hydrogen-bond donors (Lipinski definition) is 1. The second-order valence-electron chi connectivity index (χ2n) is 3.62. The molecule has 2 N–H and O–H groups in total. The minimum absolute atomic E-state index is 0.223. The van der Waals surface area contributed by atoms with Gasteiger partial charge in [-0.15, -0.1) is 0 Å². The van der Waals surface area contributed by atoms with Crippen LogP contribution in [0.5, 0.6) is 0 Å². The number of hydrogen-bond acceptors (Lipinski definition) is 1. The first kappa shape index (κ1) is 10.3. The molecule has 0 saturated heterocycles. The van der Waals surface area contributed by atoms with Crippen LogP contribution in [0.3, 0.4) is 0 Å². The third-order valence-electron chi connectivity index (χ3n) is 2.36. The zero-order chi connectivity index (χ0) is 9.68. The molecule has 0 heterocycles. The average Bonchev–Trinajstić information content (AvgIpc) is 2.30. The van der Waals surface area contributed by atoms with E-state index in [-0.39, 0.29) is 6.04 Å². The fourth-order valence-electron chi connectivity index (χ4n) is 1.50. The van der Waals surface area contributed by atoms with Crippen LogP contribution in [0.4, 0.5) is 0 Å². The Hall–Kier alpha value is -0.820. The van der Waals surface area contributed by atoms with Gasteiger partial charge in [0, 0.05) is 6.04 Å². The summed E-state index contributed by atoms with van der Waals surface area (Å²) in [4.78, 5) is 0. The summed E-state index contributed by atoms with van der Waals surface area (Å²) < 4.78 is 0. The largest absolute Gasteiger partial charge is 0.324 e. The highest BCUT2D eigenvalue weighted by molar-refractivity contribution is 5.33. The van der Waals surface area contributed by atoms with Crippen molar-refractivity contribution in [2.75, 3.05) is 0 Å². The van der Waals surface area contributed by atoms with E-state index < -0.39 is 0 Å². The smallest absolute Gasteiger partial charge is 0.0291 e. The van der Waals surface area contributed by atoms with Gasteiger partial charge in [-0.2, -0.15) is 0 Å². The third kappa shape index (κ3) is 3.19. The van der Waals surface area contributed by atoms with Crippen LogP contribution in [-0.4, -0.2) is 6.04 Å². The molecule has 0 bridgehead atoms. The topological polar surface area (TPSA) is 26.0 Å². The molecule has 0 amide bonds. The fourth-order valence-corrected chi connectivity index (χ4v) is 1.50. The Morgan fingerprint density at radius 2 is 2.15 bits per heavy atom. The predicted octanol–water partition coefficient (Wildman–Crippen LogP) is 2.95. The van der Waals surface area contributed by atoms with Crippen LogP contribution in [0.1, 0.15) is 33.1 Å². The van der Waals surface area contributed by atoms with E-state index in [2.05, 4.69) is 38.2 Å². The predicted molar refractivity (Wildman–Crippen MR) is 58.5 cm³/mol. The van der Waals surface area contributed by atoms with E-state index in [0.717, 1.165) is 19.3 Å². The summed E-state index contributed by atoms with van der Waals surface area (Å²) >= 11 is 0. The lowest BCUT2D eigenvalue weighted by Crippen LogP contribution is -2.21. The fraction of sp³-hybridized carbons (Fsp3) is 0.500. The van der Waals surface area contributed by atoms with E-state index in [1.165, 1.54) is 11.1 Å². The Bertz CT molecular complexity index is 246. The van der Waals surface area contributed by atoms with Gasteiger partial charge in [0.05, 0.1) is 0 Å². The van der Waals surface area contributed by atoms with Gasteiger partial charge in [0.2, 0.25) is 0 Å². The van der Waals surface area contributed by atoms with Crippen LogP contribution >= 0.6 is 0 Å². The van der Waals surface area contributed by atoms with E-state index >= 15 is 0 Å². The van der Waals surface area contributed by atoms with Crippen molar-refractivity contribution in [3.8, 4) is 0 Å². The zero-order valence-electron chi connectivity index (χ0n) is 8.59. The van der Waals surface area contributed by atoms with Crippen LogP contribution in [0.2, 0.25) is 0 Å². The van der Waals surface area contributed by atoms with Gasteiger partial charge in [-0.05, 0) is 25.3 Å². The molecule has 0 aromatic rings. The van der Waals surface area contributed by atoms with Gasteiger partial charge in [-0.3, -0.25) is 0 Å². The quantitative estimate of drug-likeness (QED) is 0.704. The molecule has 0 unspecified atom stereocenters. The molecule has 1 nitrogen and oxygen atoms in total. The molecule has 72 valence electrons. The van der Waals surface area contributed by atoms with Crippen LogP contribution < -0.4 is 5.73 Å². The van der Waals surface area contributed by atoms with E-state index in [9.17, 15) is 0 Å². The monoisotopic (exact) mass is 177 g/mol. The molecular weight excluding hydrogens is 158 g/mol. The van der Waals surface area contributed by atoms with E-state index in [1.54, 1.807) is 0 Å². The Balaban J connectivity index is 2.62. The molecule has 1 atom stereocenters. The lowest BCUT2D eigenvalue weighted by molar-refractivity contribution is 0.683. The van der Waals surface area contributed by atoms with Gasteiger partial charge in [0.25, 0.3) is 0 Å². The van der Waals surface area contributed by atoms with E-state index in [1.807, 2.05) is 0 Å². The Kier molecular flexibility index (Phi) is 3.97. The molecule has 0 aliphatic heterocycles. The summed E-state index contributed by atoms with van der Waals surface area (Å²) in [5, 5.41) is 0. The first-order valence-corrected chi connectivity index (χ1v) is 5.04. The second-order valence-corrected chi connectivity index (χ2v) is 3.62. The van der Waals surface area contributed by atoms with Gasteiger partial charge >= 0.3 is 0 Å². The van der Waals surface area contributed by atoms with Crippen LogP contribution in [-0.2, 0) is 0 Å². The molecule has 1 aliphatic carbocycles. The maximum atomic E-state index is 6.03. The summed E-state index contributed by atoms with van der Waals surface area (Å²) in [6.07, 6.45) is 12.0. The Labute approximate surface area is 81.0 Å². The number of allylic oxidation sites excluding steroid dienone is 4. The first-order valence-electron chi connectivity index (χ1n) is 5.04. The van der Waals surface area contributed by atoms with Crippen molar-refractivity contribution in [2.45, 2.75) is 39.2 Å². The van der Waals surface area contributed by atoms with Crippen molar-refractivity contribution < 1.29 is 0 Å². The van der Waals surface area contributed by atoms with Crippen molar-refractivity contribution >= 4 is 0 Å². The van der Waals surface area contributed by atoms with Crippen molar-refractivity contribution in [1.29, 1.82) is 0 Å². The van der Waals surface area contributed by atoms with Gasteiger partial charge in [-0.25, -0.2) is 0 Å². The highest BCUT2D eigenvalue weighted by Gasteiger charge is 2.05. The summed E-state index contributed by atoms with van der Waals surface area (Å²) in [7, 11) is 0. The molecule has 0 saturated carbocycles. The van der Waals surface area contributed by atoms with Gasteiger partial charge in [0.1, 0.15) is 0 Å². The summed E-state index contributed by atoms with van der Waals surface area (Å²) in [6.45, 7) is 4.29. The van der Waals surface area contributed by atoms with Gasteiger partial charge in [-0.1, -0.05) is 43.2 Å². The highest BCUT2D eigenvalue weighted by Crippen LogP contribution is 2.14. The van der Waals surface area contributed by atoms with Crippen LogP contribution in [0.15, 0.2) is 35.5 Å². The molecule has 13 heavy (non-hydrogen) atoms. The maximum absolute atomic E-state index is 6.03. The van der Waals surface area contributed by atoms with E-state index in [4.69, 9.17) is 5.73 Å². The molecule has 1 aliphatic rings. The molecule has 0 fully saturated rings. The van der Waals surface area contributed by atoms with Crippen molar-refractivity contribution in [1.82, 2.24) is 0 Å². The third-order valence-corrected chi connectivity index (χ3v) is 2.36. The van der Waals surface area contributed by atoms with Crippen LogP contribution in [0.25, 0.3) is 0 Å². The summed E-state index contributed by atoms with van der Waals surface area (Å²) in [6, 6.07) is 0.223. The van der Waals surface area contributed by atoms with Crippen molar-refractivity contribution in [3.63, 3.8) is 0 Å². The second kappa shape index (κ2) is 5.03. The molecule has 0 radical (unpaired) electrons. The van der Waals surface area contributed by atoms with Crippen molar-refractivity contribution in [3.05, 3.63) is 35.5 Å². The number of nitrogens with two attached hydrogens (primary N) is 1. The normalized spacial score (nSPS) is 19.0.